The molecule has 1 fully saturated rings. The molecular formula is C12H17FN2O. The maximum Gasteiger partial charge on any atom is 0.149 e. The lowest BCUT2D eigenvalue weighted by Crippen LogP contribution is -2.19. The molecule has 0 radical (unpaired) electrons. The largest absolute Gasteiger partial charge is 0.505 e. The molecule has 0 unspecified atom stereocenters. The Labute approximate surface area is 94.3 Å². The highest BCUT2D eigenvalue weighted by molar-refractivity contribution is 5.57. The predicted octanol–water partition coefficient (Wildman–Crippen LogP) is 2.30. The van der Waals surface area contributed by atoms with Crippen LogP contribution >= 0.6 is 0 Å². The van der Waals surface area contributed by atoms with E-state index < -0.39 is 5.82 Å². The van der Waals surface area contributed by atoms with Crippen molar-refractivity contribution in [3.8, 4) is 5.75 Å². The van der Waals surface area contributed by atoms with Crippen LogP contribution in [0.5, 0.6) is 5.75 Å². The molecule has 0 amide bonds. The maximum absolute atomic E-state index is 13.1. The Morgan fingerprint density at radius 1 is 1.31 bits per heavy atom. The molecule has 1 aliphatic rings. The second-order valence-corrected chi connectivity index (χ2v) is 4.47. The third-order valence-electron chi connectivity index (χ3n) is 3.46. The fourth-order valence-electron chi connectivity index (χ4n) is 2.44. The fraction of sp³-hybridized carbons (Fsp3) is 0.500. The van der Waals surface area contributed by atoms with E-state index in [1.807, 2.05) is 0 Å². The zero-order valence-electron chi connectivity index (χ0n) is 9.12. The van der Waals surface area contributed by atoms with Crippen molar-refractivity contribution in [3.63, 3.8) is 0 Å². The van der Waals surface area contributed by atoms with Crippen LogP contribution in [0, 0.1) is 11.7 Å². The van der Waals surface area contributed by atoms with Crippen LogP contribution in [0.1, 0.15) is 37.3 Å². The molecule has 0 saturated heterocycles. The van der Waals surface area contributed by atoms with Crippen LogP contribution in [-0.2, 0) is 0 Å². The molecule has 16 heavy (non-hydrogen) atoms. The molecule has 3 nitrogen and oxygen atoms in total. The summed E-state index contributed by atoms with van der Waals surface area (Å²) in [6, 6.07) is 2.55. The fourth-order valence-corrected chi connectivity index (χ4v) is 2.44. The molecule has 1 saturated carbocycles. The molecule has 88 valence electrons. The van der Waals surface area contributed by atoms with Crippen molar-refractivity contribution >= 4 is 5.69 Å². The zero-order chi connectivity index (χ0) is 11.7. The van der Waals surface area contributed by atoms with Crippen LogP contribution in [-0.4, -0.2) is 5.11 Å². The molecule has 5 N–H and O–H groups in total. The van der Waals surface area contributed by atoms with E-state index in [1.54, 1.807) is 0 Å². The summed E-state index contributed by atoms with van der Waals surface area (Å²) in [7, 11) is 0. The van der Waals surface area contributed by atoms with E-state index in [2.05, 4.69) is 0 Å². The first-order chi connectivity index (χ1) is 7.61. The van der Waals surface area contributed by atoms with Gasteiger partial charge in [-0.05, 0) is 24.8 Å². The number of phenols is 1. The molecule has 0 aliphatic heterocycles. The predicted molar refractivity (Wildman–Crippen MR) is 61.4 cm³/mol. The Balaban J connectivity index is 2.29. The highest BCUT2D eigenvalue weighted by atomic mass is 19.1. The molecule has 1 aliphatic carbocycles. The highest BCUT2D eigenvalue weighted by Gasteiger charge is 2.26. The number of rotatable bonds is 2. The standard InChI is InChI=1S/C12H17FN2O/c13-9-6-5-8(12(16)11(9)15)10(14)7-3-1-2-4-7/h5-7,10,16H,1-4,14-15H2/t10-/m1/s1. The Bertz CT molecular complexity index is 389. The molecular weight excluding hydrogens is 207 g/mol. The second-order valence-electron chi connectivity index (χ2n) is 4.47. The average molecular weight is 224 g/mol. The van der Waals surface area contributed by atoms with Crippen LogP contribution in [0.25, 0.3) is 0 Å². The normalized spacial score (nSPS) is 18.9. The molecule has 0 aromatic heterocycles. The lowest BCUT2D eigenvalue weighted by Gasteiger charge is -2.20. The van der Waals surface area contributed by atoms with Gasteiger partial charge in [0.2, 0.25) is 0 Å². The molecule has 1 aromatic rings. The minimum absolute atomic E-state index is 0.195. The number of anilines is 1. The minimum Gasteiger partial charge on any atom is -0.505 e. The van der Waals surface area contributed by atoms with Crippen molar-refractivity contribution in [1.29, 1.82) is 0 Å². The first-order valence-corrected chi connectivity index (χ1v) is 5.63. The number of hydrogen-bond donors (Lipinski definition) is 3. The number of phenolic OH excluding ortho intramolecular Hbond substituents is 1. The van der Waals surface area contributed by atoms with E-state index in [0.29, 0.717) is 11.5 Å². The number of halogens is 1. The zero-order valence-corrected chi connectivity index (χ0v) is 9.12. The monoisotopic (exact) mass is 224 g/mol. The van der Waals surface area contributed by atoms with E-state index >= 15 is 0 Å². The summed E-state index contributed by atoms with van der Waals surface area (Å²) in [5.41, 5.74) is 11.9. The molecule has 2 rings (SSSR count). The van der Waals surface area contributed by atoms with Gasteiger partial charge < -0.3 is 16.6 Å². The Hall–Kier alpha value is -1.29. The molecule has 1 atom stereocenters. The number of benzene rings is 1. The summed E-state index contributed by atoms with van der Waals surface area (Å²) in [5, 5.41) is 9.76. The van der Waals surface area contributed by atoms with Crippen LogP contribution < -0.4 is 11.5 Å². The molecule has 0 spiro atoms. The smallest absolute Gasteiger partial charge is 0.149 e. The lowest BCUT2D eigenvalue weighted by molar-refractivity contribution is 0.411. The molecule has 1 aromatic carbocycles. The van der Waals surface area contributed by atoms with Gasteiger partial charge in [-0.1, -0.05) is 18.9 Å². The summed E-state index contributed by atoms with van der Waals surface area (Å²) >= 11 is 0. The number of nitrogens with two attached hydrogens (primary N) is 2. The van der Waals surface area contributed by atoms with Crippen molar-refractivity contribution in [1.82, 2.24) is 0 Å². The summed E-state index contributed by atoms with van der Waals surface area (Å²) in [5.74, 6) is -0.421. The summed E-state index contributed by atoms with van der Waals surface area (Å²) < 4.78 is 13.1. The van der Waals surface area contributed by atoms with E-state index in [9.17, 15) is 9.50 Å². The molecule has 0 bridgehead atoms. The Morgan fingerprint density at radius 3 is 2.56 bits per heavy atom. The van der Waals surface area contributed by atoms with Gasteiger partial charge in [-0.15, -0.1) is 0 Å². The van der Waals surface area contributed by atoms with E-state index in [0.717, 1.165) is 12.8 Å². The maximum atomic E-state index is 13.1. The minimum atomic E-state index is -0.597. The average Bonchev–Trinajstić information content (AvgIpc) is 2.79. The van der Waals surface area contributed by atoms with Crippen molar-refractivity contribution in [2.24, 2.45) is 11.7 Å². The SMILES string of the molecule is Nc1c(F)ccc([C@H](N)C2CCCC2)c1O. The van der Waals surface area contributed by atoms with Crippen LogP contribution in [0.4, 0.5) is 10.1 Å². The summed E-state index contributed by atoms with van der Waals surface area (Å²) in [6.07, 6.45) is 4.49. The first-order valence-electron chi connectivity index (χ1n) is 5.63. The van der Waals surface area contributed by atoms with Crippen molar-refractivity contribution in [2.75, 3.05) is 5.73 Å². The third kappa shape index (κ3) is 1.85. The van der Waals surface area contributed by atoms with Gasteiger partial charge in [0.05, 0.1) is 0 Å². The Kier molecular flexibility index (Phi) is 3.01. The number of hydrogen-bond acceptors (Lipinski definition) is 3. The van der Waals surface area contributed by atoms with Gasteiger partial charge in [0.15, 0.2) is 0 Å². The van der Waals surface area contributed by atoms with Gasteiger partial charge in [0, 0.05) is 11.6 Å². The van der Waals surface area contributed by atoms with Crippen molar-refractivity contribution < 1.29 is 9.50 Å². The quantitative estimate of drug-likeness (QED) is 0.533. The third-order valence-corrected chi connectivity index (χ3v) is 3.46. The van der Waals surface area contributed by atoms with Gasteiger partial charge in [0.25, 0.3) is 0 Å². The number of nitrogen functional groups attached to an aromatic ring is 1. The van der Waals surface area contributed by atoms with Crippen molar-refractivity contribution in [3.05, 3.63) is 23.5 Å². The van der Waals surface area contributed by atoms with E-state index in [-0.39, 0.29) is 17.5 Å². The van der Waals surface area contributed by atoms with Crippen molar-refractivity contribution in [2.45, 2.75) is 31.7 Å². The van der Waals surface area contributed by atoms with Crippen LogP contribution in [0.15, 0.2) is 12.1 Å². The van der Waals surface area contributed by atoms with E-state index in [1.165, 1.54) is 25.0 Å². The molecule has 4 heteroatoms. The van der Waals surface area contributed by atoms with Gasteiger partial charge in [-0.3, -0.25) is 0 Å². The van der Waals surface area contributed by atoms with Gasteiger partial charge in [-0.25, -0.2) is 4.39 Å². The first kappa shape index (κ1) is 11.2. The molecule has 0 heterocycles. The van der Waals surface area contributed by atoms with Gasteiger partial charge in [-0.2, -0.15) is 0 Å². The second kappa shape index (κ2) is 4.29. The van der Waals surface area contributed by atoms with Crippen LogP contribution in [0.2, 0.25) is 0 Å². The Morgan fingerprint density at radius 2 is 1.94 bits per heavy atom. The summed E-state index contributed by atoms with van der Waals surface area (Å²) in [6.45, 7) is 0. The van der Waals surface area contributed by atoms with Gasteiger partial charge >= 0.3 is 0 Å². The lowest BCUT2D eigenvalue weighted by atomic mass is 9.91. The number of aromatic hydroxyl groups is 1. The highest BCUT2D eigenvalue weighted by Crippen LogP contribution is 2.39. The van der Waals surface area contributed by atoms with Gasteiger partial charge in [0.1, 0.15) is 17.3 Å². The summed E-state index contributed by atoms with van der Waals surface area (Å²) in [4.78, 5) is 0. The van der Waals surface area contributed by atoms with Crippen LogP contribution in [0.3, 0.4) is 0 Å². The van der Waals surface area contributed by atoms with E-state index in [4.69, 9.17) is 11.5 Å². The topological polar surface area (TPSA) is 72.3 Å².